The third kappa shape index (κ3) is 5.50. The van der Waals surface area contributed by atoms with Gasteiger partial charge < -0.3 is 7.59 Å². The molecule has 1 unspecified atom stereocenters. The van der Waals surface area contributed by atoms with Gasteiger partial charge in [0.25, 0.3) is 0 Å². The predicted molar refractivity (Wildman–Crippen MR) is 104 cm³/mol. The number of ether oxygens (including phenoxy) is 1. The number of nitrogens with zero attached hydrogens (tertiary/aromatic N) is 1. The Morgan fingerprint density at radius 2 is 1.62 bits per heavy atom. The van der Waals surface area contributed by atoms with Crippen molar-refractivity contribution >= 4 is 23.1 Å². The molecular weight excluding hydrogens is 307 g/mol. The molecule has 24 heavy (non-hydrogen) atoms. The number of hydrogen-bond acceptors (Lipinski definition) is 2. The van der Waals surface area contributed by atoms with Crippen molar-refractivity contribution in [1.82, 2.24) is 4.90 Å². The average Bonchev–Trinajstić information content (AvgIpc) is 2.62. The van der Waals surface area contributed by atoms with Gasteiger partial charge in [0, 0.05) is 12.5 Å². The van der Waals surface area contributed by atoms with Gasteiger partial charge in [0.15, 0.2) is 0 Å². The summed E-state index contributed by atoms with van der Waals surface area (Å²) < 4.78 is 6.18. The van der Waals surface area contributed by atoms with Crippen LogP contribution in [0.3, 0.4) is 0 Å². The van der Waals surface area contributed by atoms with Crippen molar-refractivity contribution in [1.29, 1.82) is 0 Å². The first-order valence-corrected chi connectivity index (χ1v) is 8.81. The van der Waals surface area contributed by atoms with Gasteiger partial charge >= 0.3 is 23.1 Å². The number of rotatable bonds is 6. The van der Waals surface area contributed by atoms with Crippen molar-refractivity contribution in [2.24, 2.45) is 0 Å². The number of hydrogen-bond donors (Lipinski definition) is 0. The molecule has 126 valence electrons. The first kappa shape index (κ1) is 19.3. The Balaban J connectivity index is 0.00000208. The zero-order chi connectivity index (χ0) is 15.9. The van der Waals surface area contributed by atoms with Gasteiger partial charge in [-0.25, -0.2) is 0 Å². The molecule has 1 aliphatic rings. The minimum Gasteiger partial charge on any atom is -1.00 e. The van der Waals surface area contributed by atoms with E-state index in [4.69, 9.17) is 4.74 Å². The molecule has 2 aromatic carbocycles. The molecule has 0 N–H and O–H groups in total. The van der Waals surface area contributed by atoms with Crippen molar-refractivity contribution in [2.75, 3.05) is 19.7 Å². The molecule has 3 rings (SSSR count). The Bertz CT molecular complexity index is 606. The second-order valence-electron chi connectivity index (χ2n) is 6.53. The Morgan fingerprint density at radius 1 is 0.958 bits per heavy atom. The zero-order valence-corrected chi connectivity index (χ0v) is 16.2. The normalized spacial score (nSPS) is 16.2. The summed E-state index contributed by atoms with van der Waals surface area (Å²) in [5.41, 5.74) is 2.59. The first-order valence-electron chi connectivity index (χ1n) is 8.81. The SMILES string of the molecule is CC(COc1ccccc1Cc1ccccc1)N1CCCCC1.[H-].[H-].[Mg+2]. The molecule has 1 saturated heterocycles. The van der Waals surface area contributed by atoms with Crippen LogP contribution >= 0.6 is 0 Å². The van der Waals surface area contributed by atoms with Crippen molar-refractivity contribution in [3.8, 4) is 5.75 Å². The van der Waals surface area contributed by atoms with E-state index in [1.54, 1.807) is 0 Å². The Kier molecular flexibility index (Phi) is 8.09. The third-order valence-electron chi connectivity index (χ3n) is 4.70. The fraction of sp³-hybridized carbons (Fsp3) is 0.429. The Hall–Kier alpha value is -1.03. The zero-order valence-electron chi connectivity index (χ0n) is 16.8. The molecular formula is C21H29MgNO. The van der Waals surface area contributed by atoms with Crippen LogP contribution in [0.4, 0.5) is 0 Å². The molecule has 0 saturated carbocycles. The second-order valence-corrected chi connectivity index (χ2v) is 6.53. The maximum absolute atomic E-state index is 6.18. The molecule has 0 spiro atoms. The number of piperidine rings is 1. The molecule has 0 aromatic heterocycles. The van der Waals surface area contributed by atoms with E-state index in [2.05, 4.69) is 66.4 Å². The topological polar surface area (TPSA) is 12.5 Å². The monoisotopic (exact) mass is 335 g/mol. The van der Waals surface area contributed by atoms with Crippen molar-refractivity contribution in [3.63, 3.8) is 0 Å². The van der Waals surface area contributed by atoms with Gasteiger partial charge in [-0.05, 0) is 50.0 Å². The molecule has 0 amide bonds. The van der Waals surface area contributed by atoms with Crippen LogP contribution in [0.15, 0.2) is 54.6 Å². The summed E-state index contributed by atoms with van der Waals surface area (Å²) in [6.07, 6.45) is 4.96. The number of likely N-dealkylation sites (tertiary alicyclic amines) is 1. The van der Waals surface area contributed by atoms with Gasteiger partial charge in [-0.15, -0.1) is 0 Å². The molecule has 2 aromatic rings. The minimum atomic E-state index is 0. The average molecular weight is 336 g/mol. The Labute approximate surface area is 165 Å². The van der Waals surface area contributed by atoms with Crippen molar-refractivity contribution < 1.29 is 7.59 Å². The van der Waals surface area contributed by atoms with Crippen LogP contribution in [0.5, 0.6) is 5.75 Å². The van der Waals surface area contributed by atoms with Crippen molar-refractivity contribution in [3.05, 3.63) is 65.7 Å². The third-order valence-corrected chi connectivity index (χ3v) is 4.70. The van der Waals surface area contributed by atoms with E-state index in [9.17, 15) is 0 Å². The first-order chi connectivity index (χ1) is 11.3. The summed E-state index contributed by atoms with van der Waals surface area (Å²) in [6.45, 7) is 5.49. The summed E-state index contributed by atoms with van der Waals surface area (Å²) in [7, 11) is 0. The Morgan fingerprint density at radius 3 is 2.38 bits per heavy atom. The fourth-order valence-electron chi connectivity index (χ4n) is 3.28. The number of para-hydroxylation sites is 1. The molecule has 0 bridgehead atoms. The summed E-state index contributed by atoms with van der Waals surface area (Å²) in [5.74, 6) is 1.03. The van der Waals surface area contributed by atoms with Crippen LogP contribution in [0.25, 0.3) is 0 Å². The minimum absolute atomic E-state index is 0. The standard InChI is InChI=1S/C21H27NO.Mg.2H/c1-18(22-14-8-3-9-15-22)17-23-21-13-7-6-12-20(21)16-19-10-4-2-5-11-19;;;/h2,4-7,10-13,18H,3,8-9,14-17H2,1H3;;;/q;+2;2*-1. The van der Waals surface area contributed by atoms with E-state index in [1.165, 1.54) is 43.5 Å². The van der Waals surface area contributed by atoms with Gasteiger partial charge in [0.2, 0.25) is 0 Å². The smallest absolute Gasteiger partial charge is 1.00 e. The molecule has 2 nitrogen and oxygen atoms in total. The largest absolute Gasteiger partial charge is 2.00 e. The van der Waals surface area contributed by atoms with Crippen molar-refractivity contribution in [2.45, 2.75) is 38.6 Å². The summed E-state index contributed by atoms with van der Waals surface area (Å²) in [5, 5.41) is 0. The molecule has 1 aliphatic heterocycles. The molecule has 1 heterocycles. The quantitative estimate of drug-likeness (QED) is 0.727. The van der Waals surface area contributed by atoms with Gasteiger partial charge in [-0.3, -0.25) is 4.90 Å². The van der Waals surface area contributed by atoms with E-state index >= 15 is 0 Å². The van der Waals surface area contributed by atoms with E-state index in [-0.39, 0.29) is 25.9 Å². The fourth-order valence-corrected chi connectivity index (χ4v) is 3.28. The summed E-state index contributed by atoms with van der Waals surface area (Å²) in [6, 6.07) is 19.5. The molecule has 1 fully saturated rings. The predicted octanol–water partition coefficient (Wildman–Crippen LogP) is 4.37. The van der Waals surface area contributed by atoms with Crippen LogP contribution in [0, 0.1) is 0 Å². The van der Waals surface area contributed by atoms with Crippen LogP contribution in [-0.4, -0.2) is 53.7 Å². The van der Waals surface area contributed by atoms with E-state index < -0.39 is 0 Å². The van der Waals surface area contributed by atoms with Crippen LogP contribution < -0.4 is 4.74 Å². The summed E-state index contributed by atoms with van der Waals surface area (Å²) in [4.78, 5) is 2.56. The molecule has 3 heteroatoms. The molecule has 0 radical (unpaired) electrons. The van der Waals surface area contributed by atoms with Crippen LogP contribution in [0.2, 0.25) is 0 Å². The van der Waals surface area contributed by atoms with E-state index in [0.29, 0.717) is 6.04 Å². The van der Waals surface area contributed by atoms with Crippen LogP contribution in [-0.2, 0) is 6.42 Å². The molecule has 0 aliphatic carbocycles. The molecule has 1 atom stereocenters. The van der Waals surface area contributed by atoms with E-state index in [1.807, 2.05) is 0 Å². The van der Waals surface area contributed by atoms with Gasteiger partial charge in [0.1, 0.15) is 12.4 Å². The van der Waals surface area contributed by atoms with Crippen LogP contribution in [0.1, 0.15) is 40.2 Å². The maximum Gasteiger partial charge on any atom is 2.00 e. The van der Waals surface area contributed by atoms with Gasteiger partial charge in [-0.2, -0.15) is 0 Å². The van der Waals surface area contributed by atoms with E-state index in [0.717, 1.165) is 18.8 Å². The van der Waals surface area contributed by atoms with Gasteiger partial charge in [-0.1, -0.05) is 55.0 Å². The second kappa shape index (κ2) is 10.1. The van der Waals surface area contributed by atoms with Gasteiger partial charge in [0.05, 0.1) is 0 Å². The maximum atomic E-state index is 6.18. The summed E-state index contributed by atoms with van der Waals surface area (Å²) >= 11 is 0. The number of benzene rings is 2.